The van der Waals surface area contributed by atoms with Gasteiger partial charge in [-0.15, -0.1) is 0 Å². The lowest BCUT2D eigenvalue weighted by Gasteiger charge is -2.20. The second-order valence-electron chi connectivity index (χ2n) is 7.10. The number of carbonyl (C=O) groups is 2. The van der Waals surface area contributed by atoms with Crippen molar-refractivity contribution in [3.63, 3.8) is 0 Å². The highest BCUT2D eigenvalue weighted by atomic mass is 16.2. The van der Waals surface area contributed by atoms with Gasteiger partial charge in [0.15, 0.2) is 0 Å². The zero-order valence-corrected chi connectivity index (χ0v) is 14.2. The Balaban J connectivity index is 1.71. The van der Waals surface area contributed by atoms with Gasteiger partial charge in [0.25, 0.3) is 0 Å². The molecule has 1 heterocycles. The molecule has 3 unspecified atom stereocenters. The molecule has 3 nitrogen and oxygen atoms in total. The van der Waals surface area contributed by atoms with Gasteiger partial charge >= 0.3 is 0 Å². The van der Waals surface area contributed by atoms with Crippen LogP contribution in [0.15, 0.2) is 12.2 Å². The number of likely N-dealkylation sites (tertiary alicyclic amines) is 1. The molecule has 0 N–H and O–H groups in total. The molecule has 22 heavy (non-hydrogen) atoms. The summed E-state index contributed by atoms with van der Waals surface area (Å²) < 4.78 is 0. The van der Waals surface area contributed by atoms with Gasteiger partial charge in [0.05, 0.1) is 11.8 Å². The summed E-state index contributed by atoms with van der Waals surface area (Å²) in [6.45, 7) is 5.03. The molecule has 2 amide bonds. The molecule has 0 aromatic rings. The molecule has 0 saturated carbocycles. The van der Waals surface area contributed by atoms with Crippen LogP contribution in [0.3, 0.4) is 0 Å². The van der Waals surface area contributed by atoms with Crippen molar-refractivity contribution in [3.8, 4) is 0 Å². The number of hydrogen-bond acceptors (Lipinski definition) is 2. The van der Waals surface area contributed by atoms with Crippen molar-refractivity contribution in [1.29, 1.82) is 0 Å². The van der Waals surface area contributed by atoms with Crippen LogP contribution in [0.1, 0.15) is 71.6 Å². The molecule has 124 valence electrons. The minimum atomic E-state index is -0.0706. The number of fused-ring (bicyclic) bond motifs is 1. The van der Waals surface area contributed by atoms with Crippen molar-refractivity contribution < 1.29 is 9.59 Å². The highest BCUT2D eigenvalue weighted by Gasteiger charge is 2.47. The fraction of sp³-hybridized carbons (Fsp3) is 0.789. The maximum Gasteiger partial charge on any atom is 0.233 e. The summed E-state index contributed by atoms with van der Waals surface area (Å²) in [6.07, 6.45) is 14.5. The summed E-state index contributed by atoms with van der Waals surface area (Å²) in [5.41, 5.74) is 0. The van der Waals surface area contributed by atoms with Gasteiger partial charge in [-0.05, 0) is 25.2 Å². The molecule has 2 aliphatic rings. The highest BCUT2D eigenvalue weighted by molar-refractivity contribution is 6.05. The van der Waals surface area contributed by atoms with E-state index < -0.39 is 0 Å². The van der Waals surface area contributed by atoms with Gasteiger partial charge in [-0.2, -0.15) is 0 Å². The Hall–Kier alpha value is -1.12. The number of rotatable bonds is 9. The lowest BCUT2D eigenvalue weighted by molar-refractivity contribution is -0.140. The maximum absolute atomic E-state index is 12.4. The van der Waals surface area contributed by atoms with Gasteiger partial charge in [-0.25, -0.2) is 0 Å². The van der Waals surface area contributed by atoms with E-state index >= 15 is 0 Å². The van der Waals surface area contributed by atoms with Crippen molar-refractivity contribution in [2.24, 2.45) is 17.8 Å². The van der Waals surface area contributed by atoms with Gasteiger partial charge in [0.1, 0.15) is 0 Å². The van der Waals surface area contributed by atoms with E-state index in [2.05, 4.69) is 26.0 Å². The van der Waals surface area contributed by atoms with E-state index in [-0.39, 0.29) is 23.7 Å². The van der Waals surface area contributed by atoms with E-state index in [1.807, 2.05) is 0 Å². The van der Waals surface area contributed by atoms with Crippen LogP contribution >= 0.6 is 0 Å². The fourth-order valence-corrected chi connectivity index (χ4v) is 3.73. The van der Waals surface area contributed by atoms with Crippen LogP contribution in [0.4, 0.5) is 0 Å². The number of imide groups is 1. The van der Waals surface area contributed by atoms with Crippen LogP contribution in [-0.4, -0.2) is 23.3 Å². The summed E-state index contributed by atoms with van der Waals surface area (Å²) in [5, 5.41) is 0. The van der Waals surface area contributed by atoms with Crippen molar-refractivity contribution in [2.45, 2.75) is 71.6 Å². The topological polar surface area (TPSA) is 37.4 Å². The average Bonchev–Trinajstić information content (AvgIpc) is 2.76. The molecule has 0 bridgehead atoms. The lowest BCUT2D eigenvalue weighted by atomic mass is 9.85. The highest BCUT2D eigenvalue weighted by Crippen LogP contribution is 2.35. The van der Waals surface area contributed by atoms with Crippen LogP contribution in [0, 0.1) is 17.8 Å². The Kier molecular flexibility index (Phi) is 6.66. The third kappa shape index (κ3) is 4.21. The normalized spacial score (nSPS) is 25.6. The zero-order chi connectivity index (χ0) is 15.9. The van der Waals surface area contributed by atoms with E-state index in [0.29, 0.717) is 12.5 Å². The third-order valence-electron chi connectivity index (χ3n) is 5.14. The predicted molar refractivity (Wildman–Crippen MR) is 89.2 cm³/mol. The van der Waals surface area contributed by atoms with Crippen molar-refractivity contribution >= 4 is 11.8 Å². The Bertz CT molecular complexity index is 390. The van der Waals surface area contributed by atoms with Crippen molar-refractivity contribution in [1.82, 2.24) is 4.90 Å². The summed E-state index contributed by atoms with van der Waals surface area (Å²) in [4.78, 5) is 26.4. The molecule has 0 spiro atoms. The van der Waals surface area contributed by atoms with Crippen LogP contribution in [0.25, 0.3) is 0 Å². The summed E-state index contributed by atoms with van der Waals surface area (Å²) in [5.74, 6) is 0.438. The van der Waals surface area contributed by atoms with Gasteiger partial charge in [-0.3, -0.25) is 14.5 Å². The van der Waals surface area contributed by atoms with E-state index in [9.17, 15) is 9.59 Å². The molecular weight excluding hydrogens is 274 g/mol. The number of hydrogen-bond donors (Lipinski definition) is 0. The molecule has 0 aromatic heterocycles. The monoisotopic (exact) mass is 305 g/mol. The van der Waals surface area contributed by atoms with Crippen LogP contribution in [-0.2, 0) is 9.59 Å². The van der Waals surface area contributed by atoms with E-state index in [1.165, 1.54) is 38.5 Å². The zero-order valence-electron chi connectivity index (χ0n) is 14.2. The van der Waals surface area contributed by atoms with Gasteiger partial charge in [0.2, 0.25) is 11.8 Å². The third-order valence-corrected chi connectivity index (χ3v) is 5.14. The number of allylic oxidation sites excluding steroid dienone is 2. The molecule has 1 aliphatic carbocycles. The van der Waals surface area contributed by atoms with Crippen LogP contribution in [0.2, 0.25) is 0 Å². The van der Waals surface area contributed by atoms with E-state index in [4.69, 9.17) is 0 Å². The Labute approximate surface area is 135 Å². The molecule has 0 radical (unpaired) electrons. The van der Waals surface area contributed by atoms with Crippen molar-refractivity contribution in [3.05, 3.63) is 12.2 Å². The molecule has 2 rings (SSSR count). The lowest BCUT2D eigenvalue weighted by Crippen LogP contribution is -2.35. The second-order valence-corrected chi connectivity index (χ2v) is 7.10. The first-order valence-electron chi connectivity index (χ1n) is 9.15. The average molecular weight is 305 g/mol. The Morgan fingerprint density at radius 3 is 2.14 bits per heavy atom. The number of unbranched alkanes of at least 4 members (excludes halogenated alkanes) is 5. The van der Waals surface area contributed by atoms with E-state index in [1.54, 1.807) is 4.90 Å². The minimum absolute atomic E-state index is 0.0706. The SMILES string of the molecule is CCCCCCCCC(C)CN1C(=O)C2CC=CCC2C1=O. The standard InChI is InChI=1S/C19H31NO2/c1-3-4-5-6-7-8-11-15(2)14-20-18(21)16-12-9-10-13-17(16)19(20)22/h9-10,15-17H,3-8,11-14H2,1-2H3. The minimum Gasteiger partial charge on any atom is -0.282 e. The summed E-state index contributed by atoms with van der Waals surface area (Å²) in [6, 6.07) is 0. The molecule has 1 saturated heterocycles. The molecule has 1 aliphatic heterocycles. The maximum atomic E-state index is 12.4. The second kappa shape index (κ2) is 8.50. The quantitative estimate of drug-likeness (QED) is 0.361. The van der Waals surface area contributed by atoms with Crippen LogP contribution in [0.5, 0.6) is 0 Å². The van der Waals surface area contributed by atoms with Gasteiger partial charge < -0.3 is 0 Å². The summed E-state index contributed by atoms with van der Waals surface area (Å²) >= 11 is 0. The Morgan fingerprint density at radius 1 is 1.00 bits per heavy atom. The molecule has 0 aromatic carbocycles. The molecular formula is C19H31NO2. The van der Waals surface area contributed by atoms with E-state index in [0.717, 1.165) is 19.3 Å². The van der Waals surface area contributed by atoms with Crippen molar-refractivity contribution in [2.75, 3.05) is 6.54 Å². The predicted octanol–water partition coefficient (Wildman–Crippen LogP) is 4.32. The molecule has 1 fully saturated rings. The van der Waals surface area contributed by atoms with Crippen LogP contribution < -0.4 is 0 Å². The first kappa shape index (κ1) is 17.2. The largest absolute Gasteiger partial charge is 0.282 e. The Morgan fingerprint density at radius 2 is 1.55 bits per heavy atom. The smallest absolute Gasteiger partial charge is 0.233 e. The first-order chi connectivity index (χ1) is 10.6. The number of carbonyl (C=O) groups excluding carboxylic acids is 2. The first-order valence-corrected chi connectivity index (χ1v) is 9.15. The van der Waals surface area contributed by atoms with Gasteiger partial charge in [0, 0.05) is 6.54 Å². The van der Waals surface area contributed by atoms with Gasteiger partial charge in [-0.1, -0.05) is 64.5 Å². The molecule has 3 atom stereocenters. The number of nitrogens with zero attached hydrogens (tertiary/aromatic N) is 1. The fourth-order valence-electron chi connectivity index (χ4n) is 3.73. The molecule has 3 heteroatoms. The summed E-state index contributed by atoms with van der Waals surface area (Å²) in [7, 11) is 0. The number of amides is 2.